The van der Waals surface area contributed by atoms with Crippen LogP contribution in [0.2, 0.25) is 4.34 Å². The maximum Gasteiger partial charge on any atom is 0.250 e. The first-order valence-electron chi connectivity index (χ1n) is 6.50. The molecule has 0 saturated heterocycles. The summed E-state index contributed by atoms with van der Waals surface area (Å²) in [4.78, 5) is 0. The van der Waals surface area contributed by atoms with Crippen LogP contribution in [0.15, 0.2) is 16.3 Å². The number of halogens is 1. The molecule has 1 aromatic heterocycles. The van der Waals surface area contributed by atoms with Crippen LogP contribution in [-0.4, -0.2) is 21.0 Å². The quantitative estimate of drug-likeness (QED) is 0.875. The molecule has 3 N–H and O–H groups in total. The van der Waals surface area contributed by atoms with Crippen LogP contribution in [0.3, 0.4) is 0 Å². The second-order valence-electron chi connectivity index (χ2n) is 4.92. The summed E-state index contributed by atoms with van der Waals surface area (Å²) in [5, 5.41) is 0. The Morgan fingerprint density at radius 1 is 1.37 bits per heavy atom. The molecule has 108 valence electrons. The van der Waals surface area contributed by atoms with E-state index in [1.807, 2.05) is 0 Å². The Morgan fingerprint density at radius 3 is 2.58 bits per heavy atom. The van der Waals surface area contributed by atoms with Crippen molar-refractivity contribution in [2.45, 2.75) is 42.4 Å². The van der Waals surface area contributed by atoms with E-state index in [4.69, 9.17) is 17.3 Å². The molecule has 1 unspecified atom stereocenters. The van der Waals surface area contributed by atoms with Crippen molar-refractivity contribution in [2.24, 2.45) is 11.7 Å². The number of hydrogen-bond acceptors (Lipinski definition) is 4. The van der Waals surface area contributed by atoms with E-state index in [-0.39, 0.29) is 10.3 Å². The third-order valence-electron chi connectivity index (χ3n) is 3.59. The molecule has 2 rings (SSSR count). The summed E-state index contributed by atoms with van der Waals surface area (Å²) in [6, 6.07) is 2.95. The zero-order valence-corrected chi connectivity index (χ0v) is 13.0. The van der Waals surface area contributed by atoms with Crippen LogP contribution in [-0.2, 0) is 10.0 Å². The Kier molecular flexibility index (Phi) is 5.25. The summed E-state index contributed by atoms with van der Waals surface area (Å²) in [6.45, 7) is 0.336. The van der Waals surface area contributed by atoms with E-state index >= 15 is 0 Å². The zero-order valence-electron chi connectivity index (χ0n) is 10.6. The minimum atomic E-state index is -3.50. The number of sulfonamides is 1. The molecule has 1 saturated carbocycles. The first-order chi connectivity index (χ1) is 9.03. The lowest BCUT2D eigenvalue weighted by Crippen LogP contribution is -2.45. The van der Waals surface area contributed by atoms with Crippen LogP contribution in [0.4, 0.5) is 0 Å². The molecular formula is C12H19ClN2O2S2. The maximum absolute atomic E-state index is 12.2. The standard InChI is InChI=1S/C12H19ClN2O2S2/c13-11-6-7-12(18-11)19(16,17)15-10(8-14)9-4-2-1-3-5-9/h6-7,9-10,15H,1-5,8,14H2. The highest BCUT2D eigenvalue weighted by Crippen LogP contribution is 2.29. The van der Waals surface area contributed by atoms with Gasteiger partial charge in [-0.1, -0.05) is 30.9 Å². The molecule has 19 heavy (non-hydrogen) atoms. The van der Waals surface area contributed by atoms with E-state index in [0.717, 1.165) is 37.0 Å². The van der Waals surface area contributed by atoms with Gasteiger partial charge in [0, 0.05) is 12.6 Å². The van der Waals surface area contributed by atoms with E-state index in [9.17, 15) is 8.42 Å². The van der Waals surface area contributed by atoms with Crippen LogP contribution in [0.1, 0.15) is 32.1 Å². The minimum Gasteiger partial charge on any atom is -0.329 e. The van der Waals surface area contributed by atoms with Gasteiger partial charge in [-0.05, 0) is 30.9 Å². The number of thiophene rings is 1. The van der Waals surface area contributed by atoms with Crippen LogP contribution in [0, 0.1) is 5.92 Å². The molecule has 1 aliphatic rings. The molecule has 1 heterocycles. The van der Waals surface area contributed by atoms with Crippen LogP contribution in [0.25, 0.3) is 0 Å². The second-order valence-corrected chi connectivity index (χ2v) is 8.58. The molecule has 0 bridgehead atoms. The van der Waals surface area contributed by atoms with Gasteiger partial charge in [0.25, 0.3) is 0 Å². The maximum atomic E-state index is 12.2. The van der Waals surface area contributed by atoms with E-state index in [2.05, 4.69) is 4.72 Å². The first-order valence-corrected chi connectivity index (χ1v) is 9.18. The second kappa shape index (κ2) is 6.54. The molecule has 1 aliphatic carbocycles. The topological polar surface area (TPSA) is 72.2 Å². The highest BCUT2D eigenvalue weighted by Gasteiger charge is 2.28. The number of rotatable bonds is 5. The molecule has 0 spiro atoms. The van der Waals surface area contributed by atoms with E-state index < -0.39 is 10.0 Å². The van der Waals surface area contributed by atoms with Crippen molar-refractivity contribution in [1.29, 1.82) is 0 Å². The SMILES string of the molecule is NCC(NS(=O)(=O)c1ccc(Cl)s1)C1CCCCC1. The first kappa shape index (κ1) is 15.3. The van der Waals surface area contributed by atoms with Gasteiger partial charge in [0.2, 0.25) is 10.0 Å². The van der Waals surface area contributed by atoms with Crippen LogP contribution < -0.4 is 10.5 Å². The molecule has 1 aromatic rings. The molecule has 0 aliphatic heterocycles. The van der Waals surface area contributed by atoms with Crippen LogP contribution >= 0.6 is 22.9 Å². The number of nitrogens with one attached hydrogen (secondary N) is 1. The summed E-state index contributed by atoms with van der Waals surface area (Å²) in [6.07, 6.45) is 5.66. The predicted octanol–water partition coefficient (Wildman–Crippen LogP) is 2.59. The smallest absolute Gasteiger partial charge is 0.250 e. The Balaban J connectivity index is 2.08. The molecule has 0 amide bonds. The largest absolute Gasteiger partial charge is 0.329 e. The average Bonchev–Trinajstić information content (AvgIpc) is 2.85. The number of hydrogen-bond donors (Lipinski definition) is 2. The third-order valence-corrected chi connectivity index (χ3v) is 6.81. The fourth-order valence-electron chi connectivity index (χ4n) is 2.57. The summed E-state index contributed by atoms with van der Waals surface area (Å²) in [5.74, 6) is 0.351. The summed E-state index contributed by atoms with van der Waals surface area (Å²) >= 11 is 6.86. The van der Waals surface area contributed by atoms with Crippen molar-refractivity contribution in [3.05, 3.63) is 16.5 Å². The Bertz CT molecular complexity index is 510. The van der Waals surface area contributed by atoms with Crippen molar-refractivity contribution in [3.63, 3.8) is 0 Å². The van der Waals surface area contributed by atoms with Gasteiger partial charge in [-0.2, -0.15) is 0 Å². The summed E-state index contributed by atoms with van der Waals surface area (Å²) in [5.41, 5.74) is 5.74. The fourth-order valence-corrected chi connectivity index (χ4v) is 5.39. The average molecular weight is 323 g/mol. The van der Waals surface area contributed by atoms with Gasteiger partial charge in [-0.25, -0.2) is 13.1 Å². The Hall–Kier alpha value is -0.140. The lowest BCUT2D eigenvalue weighted by molar-refractivity contribution is 0.294. The fraction of sp³-hybridized carbons (Fsp3) is 0.667. The van der Waals surface area contributed by atoms with Crippen molar-refractivity contribution in [1.82, 2.24) is 4.72 Å². The van der Waals surface area contributed by atoms with Gasteiger partial charge in [-0.15, -0.1) is 11.3 Å². The third kappa shape index (κ3) is 3.92. The molecule has 0 radical (unpaired) electrons. The van der Waals surface area contributed by atoms with E-state index in [1.54, 1.807) is 6.07 Å². The van der Waals surface area contributed by atoms with Gasteiger partial charge in [-0.3, -0.25) is 0 Å². The van der Waals surface area contributed by atoms with Gasteiger partial charge in [0.1, 0.15) is 4.21 Å². The van der Waals surface area contributed by atoms with Gasteiger partial charge in [0.15, 0.2) is 0 Å². The van der Waals surface area contributed by atoms with E-state index in [1.165, 1.54) is 12.5 Å². The zero-order chi connectivity index (χ0) is 13.9. The molecule has 4 nitrogen and oxygen atoms in total. The van der Waals surface area contributed by atoms with Crippen molar-refractivity contribution in [2.75, 3.05) is 6.54 Å². The molecule has 1 fully saturated rings. The van der Waals surface area contributed by atoms with Crippen molar-refractivity contribution in [3.8, 4) is 0 Å². The monoisotopic (exact) mass is 322 g/mol. The lowest BCUT2D eigenvalue weighted by Gasteiger charge is -2.29. The van der Waals surface area contributed by atoms with Gasteiger partial charge < -0.3 is 5.73 Å². The molecule has 7 heteroatoms. The molecular weight excluding hydrogens is 304 g/mol. The van der Waals surface area contributed by atoms with Gasteiger partial charge in [0.05, 0.1) is 4.34 Å². The van der Waals surface area contributed by atoms with Crippen LogP contribution in [0.5, 0.6) is 0 Å². The number of nitrogens with two attached hydrogens (primary N) is 1. The lowest BCUT2D eigenvalue weighted by atomic mass is 9.84. The van der Waals surface area contributed by atoms with Gasteiger partial charge >= 0.3 is 0 Å². The van der Waals surface area contributed by atoms with E-state index in [0.29, 0.717) is 16.8 Å². The highest BCUT2D eigenvalue weighted by molar-refractivity contribution is 7.91. The minimum absolute atomic E-state index is 0.175. The van der Waals surface area contributed by atoms with Crippen molar-refractivity contribution < 1.29 is 8.42 Å². The summed E-state index contributed by atoms with van der Waals surface area (Å²) < 4.78 is 28.0. The molecule has 0 aromatic carbocycles. The normalized spacial score (nSPS) is 19.5. The van der Waals surface area contributed by atoms with Crippen molar-refractivity contribution >= 4 is 33.0 Å². The molecule has 1 atom stereocenters. The Morgan fingerprint density at radius 2 is 2.05 bits per heavy atom. The Labute approximate surface area is 123 Å². The predicted molar refractivity (Wildman–Crippen MR) is 79.1 cm³/mol. The highest BCUT2D eigenvalue weighted by atomic mass is 35.5. The summed E-state index contributed by atoms with van der Waals surface area (Å²) in [7, 11) is -3.50.